The number of hydrogen-bond acceptors (Lipinski definition) is 5. The Morgan fingerprint density at radius 1 is 1.07 bits per heavy atom. The molecule has 0 spiro atoms. The first-order valence-corrected chi connectivity index (χ1v) is 9.03. The first-order valence-electron chi connectivity index (χ1n) is 9.03. The van der Waals surface area contributed by atoms with E-state index in [2.05, 4.69) is 10.5 Å². The summed E-state index contributed by atoms with van der Waals surface area (Å²) in [6.45, 7) is 0.245. The smallest absolute Gasteiger partial charge is 0.273 e. The number of nitrogens with zero attached hydrogens (tertiary/aromatic N) is 2. The number of nitrogens with one attached hydrogen (secondary N) is 1. The van der Waals surface area contributed by atoms with Gasteiger partial charge in [0.1, 0.15) is 18.2 Å². The maximum absolute atomic E-state index is 13.0. The number of para-hydroxylation sites is 2. The van der Waals surface area contributed by atoms with Crippen LogP contribution in [0.1, 0.15) is 16.7 Å². The third-order valence-corrected chi connectivity index (χ3v) is 4.16. The van der Waals surface area contributed by atoms with Crippen LogP contribution in [0.3, 0.4) is 0 Å². The van der Waals surface area contributed by atoms with Crippen molar-refractivity contribution in [3.8, 4) is 5.75 Å². The summed E-state index contributed by atoms with van der Waals surface area (Å²) >= 11 is 0. The van der Waals surface area contributed by atoms with Gasteiger partial charge in [-0.05, 0) is 29.8 Å². The fourth-order valence-corrected chi connectivity index (χ4v) is 2.69. The Kier molecular flexibility index (Phi) is 6.83. The standard InChI is InChI=1S/C22H18FN3O4/c23-19-11-9-16(10-12-19)15-30-21-8-4-2-6-18(21)14-24-25-22(27)13-17-5-1-3-7-20(17)26(28)29/h1-12,14H,13,15H2,(H,25,27)/b24-14+. The molecule has 0 saturated carbocycles. The van der Waals surface area contributed by atoms with Gasteiger partial charge in [0.15, 0.2) is 0 Å². The summed E-state index contributed by atoms with van der Waals surface area (Å²) in [7, 11) is 0. The van der Waals surface area contributed by atoms with Crippen LogP contribution in [0.15, 0.2) is 77.9 Å². The zero-order valence-electron chi connectivity index (χ0n) is 15.8. The Balaban J connectivity index is 1.60. The first-order chi connectivity index (χ1) is 14.5. The number of nitro benzene ring substituents is 1. The van der Waals surface area contributed by atoms with Crippen LogP contribution in [0.4, 0.5) is 10.1 Å². The number of carbonyl (C=O) groups excluding carboxylic acids is 1. The lowest BCUT2D eigenvalue weighted by Crippen LogP contribution is -2.20. The van der Waals surface area contributed by atoms with Crippen LogP contribution in [-0.4, -0.2) is 17.0 Å². The van der Waals surface area contributed by atoms with Gasteiger partial charge < -0.3 is 4.74 Å². The van der Waals surface area contributed by atoms with Crippen molar-refractivity contribution in [3.05, 3.63) is 105 Å². The third-order valence-electron chi connectivity index (χ3n) is 4.16. The molecular weight excluding hydrogens is 389 g/mol. The number of halogens is 1. The minimum Gasteiger partial charge on any atom is -0.488 e. The molecule has 0 unspecified atom stereocenters. The molecule has 30 heavy (non-hydrogen) atoms. The molecule has 1 amide bonds. The van der Waals surface area contributed by atoms with Gasteiger partial charge in [-0.1, -0.05) is 42.5 Å². The Bertz CT molecular complexity index is 1070. The molecule has 0 atom stereocenters. The predicted octanol–water partition coefficient (Wildman–Crippen LogP) is 4.01. The number of amides is 1. The molecule has 0 aliphatic heterocycles. The number of hydrogen-bond donors (Lipinski definition) is 1. The highest BCUT2D eigenvalue weighted by Crippen LogP contribution is 2.19. The lowest BCUT2D eigenvalue weighted by atomic mass is 10.1. The van der Waals surface area contributed by atoms with Gasteiger partial charge in [0.25, 0.3) is 5.69 Å². The first kappa shape index (κ1) is 20.7. The average molecular weight is 407 g/mol. The number of benzene rings is 3. The van der Waals surface area contributed by atoms with Crippen LogP contribution >= 0.6 is 0 Å². The van der Waals surface area contributed by atoms with Crippen molar-refractivity contribution < 1.29 is 18.8 Å². The number of hydrazone groups is 1. The maximum Gasteiger partial charge on any atom is 0.273 e. The van der Waals surface area contributed by atoms with E-state index < -0.39 is 10.8 Å². The van der Waals surface area contributed by atoms with E-state index in [-0.39, 0.29) is 24.5 Å². The van der Waals surface area contributed by atoms with Crippen LogP contribution in [0, 0.1) is 15.9 Å². The second kappa shape index (κ2) is 9.92. The van der Waals surface area contributed by atoms with E-state index in [1.807, 2.05) is 0 Å². The van der Waals surface area contributed by atoms with E-state index in [1.165, 1.54) is 30.5 Å². The average Bonchev–Trinajstić information content (AvgIpc) is 2.74. The molecule has 152 valence electrons. The molecule has 3 aromatic carbocycles. The Morgan fingerprint density at radius 2 is 1.77 bits per heavy atom. The zero-order valence-corrected chi connectivity index (χ0v) is 15.8. The second-order valence-electron chi connectivity index (χ2n) is 6.31. The third kappa shape index (κ3) is 5.71. The normalized spacial score (nSPS) is 10.7. The van der Waals surface area contributed by atoms with Crippen molar-refractivity contribution in [1.29, 1.82) is 0 Å². The van der Waals surface area contributed by atoms with Crippen molar-refractivity contribution in [2.24, 2.45) is 5.10 Å². The molecule has 0 bridgehead atoms. The summed E-state index contributed by atoms with van der Waals surface area (Å²) < 4.78 is 18.7. The number of nitro groups is 1. The molecule has 0 heterocycles. The molecule has 3 aromatic rings. The van der Waals surface area contributed by atoms with Crippen molar-refractivity contribution in [2.45, 2.75) is 13.0 Å². The number of rotatable bonds is 8. The minimum absolute atomic E-state index is 0.115. The topological polar surface area (TPSA) is 93.8 Å². The summed E-state index contributed by atoms with van der Waals surface area (Å²) in [6.07, 6.45) is 1.26. The molecule has 1 N–H and O–H groups in total. The van der Waals surface area contributed by atoms with Gasteiger partial charge in [-0.15, -0.1) is 0 Å². The van der Waals surface area contributed by atoms with E-state index in [4.69, 9.17) is 4.74 Å². The van der Waals surface area contributed by atoms with Crippen LogP contribution in [-0.2, 0) is 17.8 Å². The summed E-state index contributed by atoms with van der Waals surface area (Å²) in [5.41, 5.74) is 3.99. The SMILES string of the molecule is O=C(Cc1ccccc1[N+](=O)[O-])N/N=C/c1ccccc1OCc1ccc(F)cc1. The minimum atomic E-state index is -0.527. The Hall–Kier alpha value is -4.07. The van der Waals surface area contributed by atoms with Gasteiger partial charge in [0.2, 0.25) is 5.91 Å². The lowest BCUT2D eigenvalue weighted by Gasteiger charge is -2.09. The van der Waals surface area contributed by atoms with Gasteiger partial charge in [-0.2, -0.15) is 5.10 Å². The molecule has 0 aliphatic rings. The van der Waals surface area contributed by atoms with E-state index in [9.17, 15) is 19.3 Å². The molecule has 3 rings (SSSR count). The largest absolute Gasteiger partial charge is 0.488 e. The van der Waals surface area contributed by atoms with Crippen LogP contribution in [0.25, 0.3) is 0 Å². The lowest BCUT2D eigenvalue weighted by molar-refractivity contribution is -0.385. The van der Waals surface area contributed by atoms with Crippen molar-refractivity contribution >= 4 is 17.8 Å². The van der Waals surface area contributed by atoms with E-state index in [0.29, 0.717) is 16.9 Å². The molecule has 0 radical (unpaired) electrons. The summed E-state index contributed by atoms with van der Waals surface area (Å²) in [5.74, 6) is -0.258. The monoisotopic (exact) mass is 407 g/mol. The van der Waals surface area contributed by atoms with Crippen LogP contribution in [0.5, 0.6) is 5.75 Å². The molecule has 0 fully saturated rings. The van der Waals surface area contributed by atoms with E-state index in [0.717, 1.165) is 5.56 Å². The fraction of sp³-hybridized carbons (Fsp3) is 0.0909. The van der Waals surface area contributed by atoms with Crippen molar-refractivity contribution in [2.75, 3.05) is 0 Å². The molecule has 0 saturated heterocycles. The Morgan fingerprint density at radius 3 is 2.53 bits per heavy atom. The number of ether oxygens (including phenoxy) is 1. The molecule has 7 nitrogen and oxygen atoms in total. The molecule has 8 heteroatoms. The van der Waals surface area contributed by atoms with Gasteiger partial charge in [0.05, 0.1) is 17.6 Å². The van der Waals surface area contributed by atoms with Gasteiger partial charge in [0, 0.05) is 17.2 Å². The Labute approximate surface area is 172 Å². The summed E-state index contributed by atoms with van der Waals surface area (Å²) in [4.78, 5) is 22.6. The van der Waals surface area contributed by atoms with E-state index in [1.54, 1.807) is 48.5 Å². The van der Waals surface area contributed by atoms with Crippen molar-refractivity contribution in [3.63, 3.8) is 0 Å². The molecule has 0 aliphatic carbocycles. The molecular formula is C22H18FN3O4. The zero-order chi connectivity index (χ0) is 21.3. The highest BCUT2D eigenvalue weighted by atomic mass is 19.1. The maximum atomic E-state index is 13.0. The predicted molar refractivity (Wildman–Crippen MR) is 110 cm³/mol. The van der Waals surface area contributed by atoms with Gasteiger partial charge in [-0.25, -0.2) is 9.82 Å². The van der Waals surface area contributed by atoms with Gasteiger partial charge >= 0.3 is 0 Å². The van der Waals surface area contributed by atoms with Crippen LogP contribution < -0.4 is 10.2 Å². The fourth-order valence-electron chi connectivity index (χ4n) is 2.69. The second-order valence-corrected chi connectivity index (χ2v) is 6.31. The highest BCUT2D eigenvalue weighted by molar-refractivity contribution is 5.86. The van der Waals surface area contributed by atoms with Crippen LogP contribution in [0.2, 0.25) is 0 Å². The van der Waals surface area contributed by atoms with Crippen molar-refractivity contribution in [1.82, 2.24) is 5.43 Å². The summed E-state index contributed by atoms with van der Waals surface area (Å²) in [6, 6.07) is 19.1. The summed E-state index contributed by atoms with van der Waals surface area (Å²) in [5, 5.41) is 14.9. The van der Waals surface area contributed by atoms with Gasteiger partial charge in [-0.3, -0.25) is 14.9 Å². The quantitative estimate of drug-likeness (QED) is 0.347. The number of carbonyl (C=O) groups is 1. The molecule has 0 aromatic heterocycles. The van der Waals surface area contributed by atoms with E-state index >= 15 is 0 Å². The highest BCUT2D eigenvalue weighted by Gasteiger charge is 2.15.